The number of amides is 1. The second-order valence-corrected chi connectivity index (χ2v) is 10.8. The SMILES string of the molecule is CC(C)(C)OC(=O)N1C[C@@H](Nc2c(O)cc(Cl)cc2Br)C[C@]1(C)COC1CCCCO1. The molecule has 31 heavy (non-hydrogen) atoms. The van der Waals surface area contributed by atoms with Crippen LogP contribution in [-0.2, 0) is 14.2 Å². The van der Waals surface area contributed by atoms with Gasteiger partial charge in [-0.25, -0.2) is 4.79 Å². The molecule has 3 rings (SSSR count). The number of aromatic hydroxyl groups is 1. The molecule has 2 heterocycles. The number of phenolic OH excluding ortho intramolecular Hbond substituents is 1. The third kappa shape index (κ3) is 6.40. The van der Waals surface area contributed by atoms with Gasteiger partial charge in [-0.2, -0.15) is 0 Å². The van der Waals surface area contributed by atoms with Gasteiger partial charge in [0.1, 0.15) is 11.4 Å². The molecule has 9 heteroatoms. The lowest BCUT2D eigenvalue weighted by molar-refractivity contribution is -0.177. The maximum absolute atomic E-state index is 13.0. The summed E-state index contributed by atoms with van der Waals surface area (Å²) in [4.78, 5) is 14.7. The Kier molecular flexibility index (Phi) is 7.66. The van der Waals surface area contributed by atoms with Crippen molar-refractivity contribution in [3.05, 3.63) is 21.6 Å². The van der Waals surface area contributed by atoms with Crippen molar-refractivity contribution in [1.82, 2.24) is 4.90 Å². The second kappa shape index (κ2) is 9.73. The fraction of sp³-hybridized carbons (Fsp3) is 0.682. The Hall–Kier alpha value is -1.22. The van der Waals surface area contributed by atoms with Crippen molar-refractivity contribution in [2.45, 2.75) is 76.9 Å². The van der Waals surface area contributed by atoms with Crippen molar-refractivity contribution in [2.24, 2.45) is 0 Å². The zero-order chi connectivity index (χ0) is 22.8. The molecule has 2 fully saturated rings. The Balaban J connectivity index is 1.76. The monoisotopic (exact) mass is 518 g/mol. The van der Waals surface area contributed by atoms with E-state index in [-0.39, 0.29) is 24.2 Å². The predicted molar refractivity (Wildman–Crippen MR) is 124 cm³/mol. The quantitative estimate of drug-likeness (QED) is 0.498. The van der Waals surface area contributed by atoms with Crippen LogP contribution in [0.2, 0.25) is 5.02 Å². The maximum Gasteiger partial charge on any atom is 0.410 e. The molecule has 0 aromatic heterocycles. The Morgan fingerprint density at radius 3 is 2.77 bits per heavy atom. The van der Waals surface area contributed by atoms with Crippen LogP contribution in [0.15, 0.2) is 16.6 Å². The average molecular weight is 520 g/mol. The molecule has 1 aromatic carbocycles. The summed E-state index contributed by atoms with van der Waals surface area (Å²) in [5.41, 5.74) is -0.650. The van der Waals surface area contributed by atoms with Crippen molar-refractivity contribution < 1.29 is 24.1 Å². The van der Waals surface area contributed by atoms with Crippen LogP contribution in [0.4, 0.5) is 10.5 Å². The molecule has 0 radical (unpaired) electrons. The molecule has 0 aliphatic carbocycles. The van der Waals surface area contributed by atoms with Crippen LogP contribution < -0.4 is 5.32 Å². The van der Waals surface area contributed by atoms with E-state index in [2.05, 4.69) is 21.2 Å². The molecule has 1 aromatic rings. The summed E-state index contributed by atoms with van der Waals surface area (Å²) < 4.78 is 18.1. The number of carbonyl (C=O) groups excluding carboxylic acids is 1. The number of nitrogens with one attached hydrogen (secondary N) is 1. The van der Waals surface area contributed by atoms with Crippen molar-refractivity contribution in [3.63, 3.8) is 0 Å². The smallest absolute Gasteiger partial charge is 0.410 e. The van der Waals surface area contributed by atoms with E-state index in [1.807, 2.05) is 27.7 Å². The summed E-state index contributed by atoms with van der Waals surface area (Å²) in [6.45, 7) is 9.00. The number of hydrogen-bond donors (Lipinski definition) is 2. The Labute approximate surface area is 197 Å². The summed E-state index contributed by atoms with van der Waals surface area (Å²) in [6.07, 6.45) is 2.97. The van der Waals surface area contributed by atoms with Gasteiger partial charge in [0.25, 0.3) is 0 Å². The number of hydrogen-bond acceptors (Lipinski definition) is 6. The van der Waals surface area contributed by atoms with E-state index in [1.165, 1.54) is 6.07 Å². The van der Waals surface area contributed by atoms with Crippen LogP contribution in [0.3, 0.4) is 0 Å². The average Bonchev–Trinajstić information content (AvgIpc) is 2.99. The molecule has 1 unspecified atom stereocenters. The van der Waals surface area contributed by atoms with E-state index in [0.29, 0.717) is 41.4 Å². The first-order valence-electron chi connectivity index (χ1n) is 10.7. The number of carbonyl (C=O) groups is 1. The van der Waals surface area contributed by atoms with Gasteiger partial charge < -0.3 is 24.6 Å². The molecule has 1 amide bonds. The number of anilines is 1. The molecule has 2 N–H and O–H groups in total. The molecular formula is C22H32BrClN2O5. The minimum absolute atomic E-state index is 0.0450. The normalized spacial score (nSPS) is 26.7. The zero-order valence-corrected chi connectivity index (χ0v) is 20.9. The fourth-order valence-electron chi connectivity index (χ4n) is 4.01. The van der Waals surface area contributed by atoms with E-state index < -0.39 is 11.1 Å². The topological polar surface area (TPSA) is 80.3 Å². The standard InChI is InChI=1S/C22H32BrClN2O5/c1-21(2,3)31-20(28)26-12-15(25-19-16(23)9-14(24)10-17(19)27)11-22(26,4)13-30-18-7-5-6-8-29-18/h9-10,15,18,25,27H,5-8,11-13H2,1-4H3/t15-,18?,22+/m0/s1. The summed E-state index contributed by atoms with van der Waals surface area (Å²) in [7, 11) is 0. The van der Waals surface area contributed by atoms with Crippen molar-refractivity contribution in [2.75, 3.05) is 25.1 Å². The number of rotatable bonds is 5. The highest BCUT2D eigenvalue weighted by Crippen LogP contribution is 2.39. The van der Waals surface area contributed by atoms with Crippen molar-refractivity contribution in [3.8, 4) is 5.75 Å². The number of ether oxygens (including phenoxy) is 3. The lowest BCUT2D eigenvalue weighted by Crippen LogP contribution is -2.50. The van der Waals surface area contributed by atoms with E-state index in [4.69, 9.17) is 25.8 Å². The first-order chi connectivity index (χ1) is 14.5. The minimum Gasteiger partial charge on any atom is -0.506 e. The lowest BCUT2D eigenvalue weighted by atomic mass is 9.98. The van der Waals surface area contributed by atoms with Gasteiger partial charge in [-0.1, -0.05) is 11.6 Å². The molecule has 0 bridgehead atoms. The number of nitrogens with zero attached hydrogens (tertiary/aromatic N) is 1. The highest BCUT2D eigenvalue weighted by atomic mass is 79.9. The molecular weight excluding hydrogens is 488 g/mol. The molecule has 0 saturated carbocycles. The first-order valence-corrected chi connectivity index (χ1v) is 11.8. The number of halogens is 2. The molecule has 7 nitrogen and oxygen atoms in total. The number of benzene rings is 1. The first kappa shape index (κ1) is 24.4. The van der Waals surface area contributed by atoms with Gasteiger partial charge in [-0.3, -0.25) is 4.90 Å². The van der Waals surface area contributed by atoms with Gasteiger partial charge in [0.2, 0.25) is 0 Å². The summed E-state index contributed by atoms with van der Waals surface area (Å²) in [6, 6.07) is 3.09. The van der Waals surface area contributed by atoms with E-state index in [9.17, 15) is 9.90 Å². The predicted octanol–water partition coefficient (Wildman–Crippen LogP) is 5.53. The largest absolute Gasteiger partial charge is 0.506 e. The maximum atomic E-state index is 13.0. The van der Waals surface area contributed by atoms with Gasteiger partial charge in [0.05, 0.1) is 17.8 Å². The van der Waals surface area contributed by atoms with E-state index >= 15 is 0 Å². The highest BCUT2D eigenvalue weighted by molar-refractivity contribution is 9.10. The highest BCUT2D eigenvalue weighted by Gasteiger charge is 2.47. The van der Waals surface area contributed by atoms with Gasteiger partial charge in [-0.05, 0) is 75.4 Å². The zero-order valence-electron chi connectivity index (χ0n) is 18.5. The van der Waals surface area contributed by atoms with Crippen LogP contribution in [0, 0.1) is 0 Å². The number of likely N-dealkylation sites (tertiary alicyclic amines) is 1. The fourth-order valence-corrected chi connectivity index (χ4v) is 4.92. The molecule has 3 atom stereocenters. The van der Waals surface area contributed by atoms with Crippen LogP contribution >= 0.6 is 27.5 Å². The third-order valence-electron chi connectivity index (χ3n) is 5.46. The summed E-state index contributed by atoms with van der Waals surface area (Å²) in [5, 5.41) is 14.1. The third-order valence-corrected chi connectivity index (χ3v) is 6.30. The molecule has 0 spiro atoms. The number of phenols is 1. The van der Waals surface area contributed by atoms with Crippen LogP contribution in [0.1, 0.15) is 53.4 Å². The molecule has 2 saturated heterocycles. The van der Waals surface area contributed by atoms with Gasteiger partial charge in [0.15, 0.2) is 6.29 Å². The minimum atomic E-state index is -0.603. The summed E-state index contributed by atoms with van der Waals surface area (Å²) >= 11 is 9.46. The lowest BCUT2D eigenvalue weighted by Gasteiger charge is -2.37. The summed E-state index contributed by atoms with van der Waals surface area (Å²) in [5.74, 6) is 0.0450. The van der Waals surface area contributed by atoms with Crippen LogP contribution in [-0.4, -0.2) is 59.3 Å². The van der Waals surface area contributed by atoms with Crippen LogP contribution in [0.25, 0.3) is 0 Å². The second-order valence-electron chi connectivity index (χ2n) is 9.52. The van der Waals surface area contributed by atoms with Crippen molar-refractivity contribution >= 4 is 39.3 Å². The van der Waals surface area contributed by atoms with Gasteiger partial charge in [-0.15, -0.1) is 0 Å². The van der Waals surface area contributed by atoms with E-state index in [1.54, 1.807) is 11.0 Å². The van der Waals surface area contributed by atoms with Crippen LogP contribution in [0.5, 0.6) is 5.75 Å². The van der Waals surface area contributed by atoms with E-state index in [0.717, 1.165) is 19.3 Å². The Morgan fingerprint density at radius 1 is 1.42 bits per heavy atom. The Morgan fingerprint density at radius 2 is 2.16 bits per heavy atom. The molecule has 174 valence electrons. The molecule has 2 aliphatic rings. The van der Waals surface area contributed by atoms with Gasteiger partial charge >= 0.3 is 6.09 Å². The Bertz CT molecular complexity index is 774. The van der Waals surface area contributed by atoms with Crippen molar-refractivity contribution in [1.29, 1.82) is 0 Å². The van der Waals surface area contributed by atoms with Gasteiger partial charge in [0, 0.05) is 34.8 Å². The molecule has 2 aliphatic heterocycles.